The molecule has 4 rings (SSSR count). The number of carbonyl (C=O) groups is 2. The molecule has 3 saturated carbocycles. The fourth-order valence-electron chi connectivity index (χ4n) is 5.81. The number of benzene rings is 1. The zero-order chi connectivity index (χ0) is 20.2. The minimum absolute atomic E-state index is 0.107. The molecule has 0 N–H and O–H groups in total. The van der Waals surface area contributed by atoms with Crippen LogP contribution in [0, 0.1) is 29.6 Å². The zero-order valence-corrected chi connectivity index (χ0v) is 16.9. The topological polar surface area (TPSA) is 61.8 Å². The van der Waals surface area contributed by atoms with Crippen LogP contribution in [-0.2, 0) is 19.1 Å². The molecule has 0 amide bonds. The Morgan fingerprint density at radius 3 is 2.59 bits per heavy atom. The molecule has 0 saturated heterocycles. The van der Waals surface area contributed by atoms with Gasteiger partial charge in [0.1, 0.15) is 19.0 Å². The van der Waals surface area contributed by atoms with Crippen molar-refractivity contribution in [3.8, 4) is 5.75 Å². The van der Waals surface area contributed by atoms with Gasteiger partial charge in [-0.1, -0.05) is 31.2 Å². The number of hydrogen-bond donors (Lipinski definition) is 0. The predicted molar refractivity (Wildman–Crippen MR) is 108 cm³/mol. The summed E-state index contributed by atoms with van der Waals surface area (Å²) in [6.07, 6.45) is 6.52. The average Bonchev–Trinajstić information content (AvgIpc) is 3.43. The van der Waals surface area contributed by atoms with Gasteiger partial charge in [-0.3, -0.25) is 4.79 Å². The number of ether oxygens (including phenoxy) is 3. The molecule has 0 heterocycles. The molecule has 3 fully saturated rings. The van der Waals surface area contributed by atoms with Crippen LogP contribution in [0.2, 0.25) is 0 Å². The molecule has 5 unspecified atom stereocenters. The van der Waals surface area contributed by atoms with Crippen molar-refractivity contribution in [3.05, 3.63) is 42.5 Å². The van der Waals surface area contributed by atoms with Gasteiger partial charge < -0.3 is 14.2 Å². The van der Waals surface area contributed by atoms with Crippen molar-refractivity contribution in [3.63, 3.8) is 0 Å². The van der Waals surface area contributed by atoms with Crippen LogP contribution in [0.4, 0.5) is 0 Å². The largest absolute Gasteiger partial charge is 0.490 e. The Morgan fingerprint density at radius 2 is 1.76 bits per heavy atom. The predicted octanol–water partition coefficient (Wildman–Crippen LogP) is 4.17. The number of rotatable bonds is 9. The normalized spacial score (nSPS) is 29.3. The van der Waals surface area contributed by atoms with Crippen molar-refractivity contribution in [1.29, 1.82) is 0 Å². The summed E-state index contributed by atoms with van der Waals surface area (Å²) in [4.78, 5) is 24.1. The number of fused-ring (bicyclic) bond motifs is 5. The van der Waals surface area contributed by atoms with Gasteiger partial charge >= 0.3 is 11.9 Å². The third-order valence-corrected chi connectivity index (χ3v) is 7.00. The van der Waals surface area contributed by atoms with E-state index >= 15 is 0 Å². The third-order valence-electron chi connectivity index (χ3n) is 7.00. The lowest BCUT2D eigenvalue weighted by molar-refractivity contribution is -0.148. The zero-order valence-electron chi connectivity index (χ0n) is 16.9. The van der Waals surface area contributed by atoms with Gasteiger partial charge in [0, 0.05) is 5.57 Å². The first-order chi connectivity index (χ1) is 14.1. The molecule has 0 radical (unpaired) electrons. The summed E-state index contributed by atoms with van der Waals surface area (Å²) in [5.41, 5.74) is 0.124. The van der Waals surface area contributed by atoms with Crippen molar-refractivity contribution < 1.29 is 23.8 Å². The Labute approximate surface area is 172 Å². The highest BCUT2D eigenvalue weighted by Crippen LogP contribution is 2.60. The van der Waals surface area contributed by atoms with E-state index in [-0.39, 0.29) is 25.2 Å². The van der Waals surface area contributed by atoms with Crippen LogP contribution in [0.1, 0.15) is 38.5 Å². The van der Waals surface area contributed by atoms with E-state index in [4.69, 9.17) is 14.2 Å². The SMILES string of the molecule is C=C(CC(=O)OCC1CC2CC1C1CCCC21)C(=O)OCCOc1ccccc1. The van der Waals surface area contributed by atoms with Crippen molar-refractivity contribution in [2.24, 2.45) is 29.6 Å². The Morgan fingerprint density at radius 1 is 0.966 bits per heavy atom. The quantitative estimate of drug-likeness (QED) is 0.355. The molecular formula is C24H30O5. The van der Waals surface area contributed by atoms with Gasteiger partial charge in [0.15, 0.2) is 0 Å². The van der Waals surface area contributed by atoms with Crippen molar-refractivity contribution in [1.82, 2.24) is 0 Å². The summed E-state index contributed by atoms with van der Waals surface area (Å²) in [7, 11) is 0. The first-order valence-corrected chi connectivity index (χ1v) is 10.8. The molecule has 156 valence electrons. The fourth-order valence-corrected chi connectivity index (χ4v) is 5.81. The van der Waals surface area contributed by atoms with Crippen LogP contribution < -0.4 is 4.74 Å². The van der Waals surface area contributed by atoms with E-state index in [2.05, 4.69) is 6.58 Å². The van der Waals surface area contributed by atoms with Crippen molar-refractivity contribution in [2.45, 2.75) is 38.5 Å². The maximum Gasteiger partial charge on any atom is 0.334 e. The first kappa shape index (κ1) is 20.0. The fraction of sp³-hybridized carbons (Fsp3) is 0.583. The van der Waals surface area contributed by atoms with E-state index in [0.717, 1.165) is 29.4 Å². The second-order valence-electron chi connectivity index (χ2n) is 8.67. The summed E-state index contributed by atoms with van der Waals surface area (Å²) < 4.78 is 16.1. The van der Waals surface area contributed by atoms with Crippen LogP contribution >= 0.6 is 0 Å². The van der Waals surface area contributed by atoms with Crippen LogP contribution in [0.25, 0.3) is 0 Å². The third kappa shape index (κ3) is 4.65. The highest BCUT2D eigenvalue weighted by molar-refractivity contribution is 5.93. The molecule has 0 aromatic heterocycles. The number of para-hydroxylation sites is 1. The van der Waals surface area contributed by atoms with Crippen LogP contribution in [-0.4, -0.2) is 31.8 Å². The standard InChI is InChI=1S/C24H30O5/c1-16(24(26)28-11-10-27-19-6-3-2-4-7-19)12-23(25)29-15-18-13-17-14-22(18)21-9-5-8-20(17)21/h2-4,6-7,17-18,20-22H,1,5,8-15H2. The second kappa shape index (κ2) is 9.02. The Balaban J connectivity index is 1.11. The lowest BCUT2D eigenvalue weighted by atomic mass is 9.76. The molecule has 0 aliphatic heterocycles. The van der Waals surface area contributed by atoms with Gasteiger partial charge in [-0.05, 0) is 67.4 Å². The van der Waals surface area contributed by atoms with E-state index in [0.29, 0.717) is 12.5 Å². The summed E-state index contributed by atoms with van der Waals surface area (Å²) >= 11 is 0. The van der Waals surface area contributed by atoms with Crippen LogP contribution in [0.15, 0.2) is 42.5 Å². The van der Waals surface area contributed by atoms with E-state index in [9.17, 15) is 9.59 Å². The summed E-state index contributed by atoms with van der Waals surface area (Å²) in [5.74, 6) is 3.63. The molecule has 5 heteroatoms. The molecule has 0 spiro atoms. The summed E-state index contributed by atoms with van der Waals surface area (Å²) in [6, 6.07) is 9.31. The van der Waals surface area contributed by atoms with Gasteiger partial charge in [0.2, 0.25) is 0 Å². The average molecular weight is 398 g/mol. The van der Waals surface area contributed by atoms with E-state index in [1.807, 2.05) is 30.3 Å². The Bertz CT molecular complexity index is 743. The molecule has 29 heavy (non-hydrogen) atoms. The maximum atomic E-state index is 12.1. The molecule has 5 atom stereocenters. The lowest BCUT2D eigenvalue weighted by Gasteiger charge is -2.31. The van der Waals surface area contributed by atoms with E-state index in [1.165, 1.54) is 32.1 Å². The van der Waals surface area contributed by atoms with Crippen molar-refractivity contribution >= 4 is 11.9 Å². The smallest absolute Gasteiger partial charge is 0.334 e. The van der Waals surface area contributed by atoms with Crippen LogP contribution in [0.3, 0.4) is 0 Å². The Kier molecular flexibility index (Phi) is 6.22. The molecule has 1 aromatic rings. The highest BCUT2D eigenvalue weighted by atomic mass is 16.6. The minimum Gasteiger partial charge on any atom is -0.490 e. The number of esters is 2. The van der Waals surface area contributed by atoms with E-state index < -0.39 is 11.9 Å². The van der Waals surface area contributed by atoms with Crippen molar-refractivity contribution in [2.75, 3.05) is 19.8 Å². The molecule has 5 nitrogen and oxygen atoms in total. The first-order valence-electron chi connectivity index (χ1n) is 10.8. The summed E-state index contributed by atoms with van der Waals surface area (Å²) in [6.45, 7) is 4.52. The molecule has 3 aliphatic carbocycles. The van der Waals surface area contributed by atoms with Gasteiger partial charge in [0.25, 0.3) is 0 Å². The maximum absolute atomic E-state index is 12.1. The number of hydrogen-bond acceptors (Lipinski definition) is 5. The van der Waals surface area contributed by atoms with E-state index in [1.54, 1.807) is 0 Å². The van der Waals surface area contributed by atoms with Crippen LogP contribution in [0.5, 0.6) is 5.75 Å². The monoisotopic (exact) mass is 398 g/mol. The highest BCUT2D eigenvalue weighted by Gasteiger charge is 2.53. The van der Waals surface area contributed by atoms with Gasteiger partial charge in [-0.25, -0.2) is 4.79 Å². The van der Waals surface area contributed by atoms with Gasteiger partial charge in [-0.15, -0.1) is 0 Å². The molecule has 1 aromatic carbocycles. The lowest BCUT2D eigenvalue weighted by Crippen LogP contribution is -2.28. The summed E-state index contributed by atoms with van der Waals surface area (Å²) in [5, 5.41) is 0. The molecule has 2 bridgehead atoms. The second-order valence-corrected chi connectivity index (χ2v) is 8.67. The molecule has 3 aliphatic rings. The van der Waals surface area contributed by atoms with Gasteiger partial charge in [-0.2, -0.15) is 0 Å². The van der Waals surface area contributed by atoms with Gasteiger partial charge in [0.05, 0.1) is 13.0 Å². The molecular weight excluding hydrogens is 368 g/mol. The Hall–Kier alpha value is -2.30. The number of carbonyl (C=O) groups excluding carboxylic acids is 2. The minimum atomic E-state index is -0.577.